The van der Waals surface area contributed by atoms with Gasteiger partial charge in [0.05, 0.1) is 22.2 Å². The molecule has 10 nitrogen and oxygen atoms in total. The highest BCUT2D eigenvalue weighted by atomic mass is 32.2. The normalized spacial score (nSPS) is 13.6. The van der Waals surface area contributed by atoms with E-state index < -0.39 is 21.9 Å². The largest absolute Gasteiger partial charge is 0.486 e. The first-order valence-corrected chi connectivity index (χ1v) is 14.2. The molecule has 2 heterocycles. The molecule has 202 valence electrons. The molecular weight excluding hydrogens is 542 g/mol. The van der Waals surface area contributed by atoms with Crippen LogP contribution in [0.2, 0.25) is 0 Å². The number of fused-ring (bicyclic) bond motifs is 2. The molecule has 1 amide bonds. The van der Waals surface area contributed by atoms with Gasteiger partial charge in [0.1, 0.15) is 19.8 Å². The summed E-state index contributed by atoms with van der Waals surface area (Å²) in [6.07, 6.45) is 0. The molecule has 3 aromatic carbocycles. The van der Waals surface area contributed by atoms with Crippen LogP contribution in [0.5, 0.6) is 11.5 Å². The lowest BCUT2D eigenvalue weighted by Crippen LogP contribution is -2.26. The summed E-state index contributed by atoms with van der Waals surface area (Å²) in [5.41, 5.74) is 1.70. The average Bonchev–Trinajstić information content (AvgIpc) is 3.27. The molecule has 1 aliphatic heterocycles. The van der Waals surface area contributed by atoms with Crippen molar-refractivity contribution in [3.63, 3.8) is 0 Å². The average molecular weight is 568 g/mol. The smallest absolute Gasteiger partial charge is 0.325 e. The van der Waals surface area contributed by atoms with Crippen molar-refractivity contribution >= 4 is 43.5 Å². The molecule has 0 saturated carbocycles. The molecule has 0 bridgehead atoms. The van der Waals surface area contributed by atoms with Crippen molar-refractivity contribution in [2.24, 2.45) is 4.99 Å². The lowest BCUT2D eigenvalue weighted by molar-refractivity contribution is -0.141. The molecule has 0 radical (unpaired) electrons. The van der Waals surface area contributed by atoms with Gasteiger partial charge in [-0.05, 0) is 29.8 Å². The lowest BCUT2D eigenvalue weighted by atomic mass is 10.2. The number of amides is 1. The molecule has 39 heavy (non-hydrogen) atoms. The van der Waals surface area contributed by atoms with E-state index in [1.165, 1.54) is 54.1 Å². The van der Waals surface area contributed by atoms with Gasteiger partial charge in [0.15, 0.2) is 16.3 Å². The van der Waals surface area contributed by atoms with E-state index in [2.05, 4.69) is 4.99 Å². The summed E-state index contributed by atoms with van der Waals surface area (Å²) >= 11 is 1.21. The summed E-state index contributed by atoms with van der Waals surface area (Å²) in [5, 5.41) is 0. The van der Waals surface area contributed by atoms with E-state index in [9.17, 15) is 18.0 Å². The highest BCUT2D eigenvalue weighted by molar-refractivity contribution is 7.89. The third kappa shape index (κ3) is 5.58. The summed E-state index contributed by atoms with van der Waals surface area (Å²) in [5.74, 6) is 0.0240. The quantitative estimate of drug-likeness (QED) is 0.315. The number of ether oxygens (including phenoxy) is 3. The maximum Gasteiger partial charge on any atom is 0.325 e. The Balaban J connectivity index is 1.45. The van der Waals surface area contributed by atoms with Gasteiger partial charge in [-0.3, -0.25) is 9.59 Å². The van der Waals surface area contributed by atoms with Gasteiger partial charge in [0, 0.05) is 31.3 Å². The SMILES string of the molecule is COC(=O)Cn1c(=NC(=O)c2ccc(S(=O)(=O)N(C)Cc3ccccc3)cc2)sc2cc3c(cc21)OCCO3. The van der Waals surface area contributed by atoms with Gasteiger partial charge in [0.25, 0.3) is 5.91 Å². The van der Waals surface area contributed by atoms with E-state index in [0.717, 1.165) is 10.3 Å². The van der Waals surface area contributed by atoms with Crippen LogP contribution in [0.3, 0.4) is 0 Å². The van der Waals surface area contributed by atoms with Crippen LogP contribution in [0, 0.1) is 0 Å². The van der Waals surface area contributed by atoms with Crippen LogP contribution in [0.4, 0.5) is 0 Å². The summed E-state index contributed by atoms with van der Waals surface area (Å²) < 4.78 is 45.8. The minimum absolute atomic E-state index is 0.0608. The second kappa shape index (κ2) is 11.0. The molecule has 5 rings (SSSR count). The maximum absolute atomic E-state index is 13.1. The first kappa shape index (κ1) is 26.6. The van der Waals surface area contributed by atoms with Crippen molar-refractivity contribution in [1.29, 1.82) is 0 Å². The number of aromatic nitrogens is 1. The van der Waals surface area contributed by atoms with Crippen LogP contribution in [-0.4, -0.2) is 56.5 Å². The van der Waals surface area contributed by atoms with Crippen LogP contribution < -0.4 is 14.3 Å². The number of carbonyl (C=O) groups excluding carboxylic acids is 2. The van der Waals surface area contributed by atoms with Crippen LogP contribution >= 0.6 is 11.3 Å². The van der Waals surface area contributed by atoms with Gasteiger partial charge in [-0.25, -0.2) is 8.42 Å². The Bertz CT molecular complexity index is 1710. The summed E-state index contributed by atoms with van der Waals surface area (Å²) in [6.45, 7) is 0.886. The summed E-state index contributed by atoms with van der Waals surface area (Å²) in [6, 6.07) is 18.4. The van der Waals surface area contributed by atoms with E-state index in [1.54, 1.807) is 16.7 Å². The Labute approximate surface area is 228 Å². The zero-order chi connectivity index (χ0) is 27.6. The fourth-order valence-electron chi connectivity index (χ4n) is 4.06. The van der Waals surface area contributed by atoms with Gasteiger partial charge < -0.3 is 18.8 Å². The Hall–Kier alpha value is -4.00. The van der Waals surface area contributed by atoms with Crippen LogP contribution in [0.25, 0.3) is 10.2 Å². The first-order valence-electron chi connectivity index (χ1n) is 12.0. The van der Waals surface area contributed by atoms with Gasteiger partial charge >= 0.3 is 5.97 Å². The number of thiazole rings is 1. The minimum atomic E-state index is -3.77. The zero-order valence-corrected chi connectivity index (χ0v) is 22.8. The molecule has 0 spiro atoms. The monoisotopic (exact) mass is 567 g/mol. The third-order valence-electron chi connectivity index (χ3n) is 6.12. The number of rotatable bonds is 7. The second-order valence-corrected chi connectivity index (χ2v) is 11.8. The topological polar surface area (TPSA) is 117 Å². The standard InChI is InChI=1S/C27H25N3O7S2/c1-29(16-18-6-4-3-5-7-18)39(33,34)20-10-8-19(9-11-20)26(32)28-27-30(17-25(31)35-2)21-14-22-23(15-24(21)38-27)37-13-12-36-22/h3-11,14-15H,12-13,16-17H2,1-2H3. The van der Waals surface area contributed by atoms with Crippen molar-refractivity contribution in [2.75, 3.05) is 27.4 Å². The van der Waals surface area contributed by atoms with Crippen LogP contribution in [0.15, 0.2) is 76.6 Å². The van der Waals surface area contributed by atoms with E-state index in [0.29, 0.717) is 30.2 Å². The fraction of sp³-hybridized carbons (Fsp3) is 0.222. The van der Waals surface area contributed by atoms with E-state index in [4.69, 9.17) is 14.2 Å². The molecule has 1 aromatic heterocycles. The Morgan fingerprint density at radius 2 is 1.69 bits per heavy atom. The number of sulfonamides is 1. The Morgan fingerprint density at radius 3 is 2.36 bits per heavy atom. The van der Waals surface area contributed by atoms with Crippen molar-refractivity contribution in [1.82, 2.24) is 8.87 Å². The van der Waals surface area contributed by atoms with Gasteiger partial charge in [-0.1, -0.05) is 41.7 Å². The highest BCUT2D eigenvalue weighted by Gasteiger charge is 2.22. The Kier molecular flexibility index (Phi) is 7.51. The molecule has 0 saturated heterocycles. The summed E-state index contributed by atoms with van der Waals surface area (Å²) in [4.78, 5) is 29.8. The molecular formula is C27H25N3O7S2. The molecule has 0 unspecified atom stereocenters. The predicted octanol–water partition coefficient (Wildman–Crippen LogP) is 3.21. The molecule has 1 aliphatic rings. The molecule has 0 aliphatic carbocycles. The Morgan fingerprint density at radius 1 is 1.03 bits per heavy atom. The minimum Gasteiger partial charge on any atom is -0.486 e. The summed E-state index contributed by atoms with van der Waals surface area (Å²) in [7, 11) is -0.984. The molecule has 4 aromatic rings. The lowest BCUT2D eigenvalue weighted by Gasteiger charge is -2.18. The maximum atomic E-state index is 13.1. The number of nitrogens with zero attached hydrogens (tertiary/aromatic N) is 3. The van der Waals surface area contributed by atoms with Gasteiger partial charge in [-0.2, -0.15) is 9.30 Å². The van der Waals surface area contributed by atoms with Crippen molar-refractivity contribution in [3.05, 3.63) is 82.7 Å². The van der Waals surface area contributed by atoms with Gasteiger partial charge in [-0.15, -0.1) is 0 Å². The van der Waals surface area contributed by atoms with Crippen molar-refractivity contribution in [2.45, 2.75) is 18.0 Å². The van der Waals surface area contributed by atoms with Crippen molar-refractivity contribution in [3.8, 4) is 11.5 Å². The van der Waals surface area contributed by atoms with Crippen molar-refractivity contribution < 1.29 is 32.2 Å². The third-order valence-corrected chi connectivity index (χ3v) is 8.98. The number of carbonyl (C=O) groups is 2. The van der Waals surface area contributed by atoms with E-state index in [1.807, 2.05) is 30.3 Å². The van der Waals surface area contributed by atoms with Crippen LogP contribution in [0.1, 0.15) is 15.9 Å². The number of benzene rings is 3. The predicted molar refractivity (Wildman–Crippen MR) is 144 cm³/mol. The zero-order valence-electron chi connectivity index (χ0n) is 21.2. The molecule has 0 fully saturated rings. The second-order valence-electron chi connectivity index (χ2n) is 8.70. The van der Waals surface area contributed by atoms with Gasteiger partial charge in [0.2, 0.25) is 10.0 Å². The van der Waals surface area contributed by atoms with E-state index >= 15 is 0 Å². The fourth-order valence-corrected chi connectivity index (χ4v) is 6.26. The molecule has 0 N–H and O–H groups in total. The number of methoxy groups -OCH3 is 1. The molecule has 12 heteroatoms. The number of hydrogen-bond donors (Lipinski definition) is 0. The van der Waals surface area contributed by atoms with Crippen LogP contribution in [-0.2, 0) is 32.6 Å². The number of esters is 1. The first-order chi connectivity index (χ1) is 18.8. The molecule has 0 atom stereocenters. The highest BCUT2D eigenvalue weighted by Crippen LogP contribution is 2.35. The number of hydrogen-bond acceptors (Lipinski definition) is 8. The van der Waals surface area contributed by atoms with E-state index in [-0.39, 0.29) is 28.3 Å².